The summed E-state index contributed by atoms with van der Waals surface area (Å²) in [6, 6.07) is 34.4. The van der Waals surface area contributed by atoms with Crippen LogP contribution in [0, 0.1) is 0 Å². The minimum Gasteiger partial charge on any atom is -0.489 e. The fourth-order valence-corrected chi connectivity index (χ4v) is 3.05. The maximum Gasteiger partial charge on any atom is 0.255 e. The fourth-order valence-electron chi connectivity index (χ4n) is 3.05. The lowest BCUT2D eigenvalue weighted by Crippen LogP contribution is -2.12. The van der Waals surface area contributed by atoms with E-state index in [0.29, 0.717) is 30.2 Å². The quantitative estimate of drug-likeness (QED) is 0.383. The molecule has 4 nitrogen and oxygen atoms in total. The predicted octanol–water partition coefficient (Wildman–Crippen LogP) is 6.10. The van der Waals surface area contributed by atoms with E-state index in [-0.39, 0.29) is 5.91 Å². The van der Waals surface area contributed by atoms with E-state index in [1.54, 1.807) is 12.1 Å². The van der Waals surface area contributed by atoms with Gasteiger partial charge >= 0.3 is 0 Å². The normalized spacial score (nSPS) is 10.3. The van der Waals surface area contributed by atoms with Gasteiger partial charge in [-0.3, -0.25) is 4.79 Å². The number of anilines is 1. The third-order valence-electron chi connectivity index (χ3n) is 4.71. The van der Waals surface area contributed by atoms with Crippen molar-refractivity contribution in [2.24, 2.45) is 0 Å². The van der Waals surface area contributed by atoms with Gasteiger partial charge in [-0.1, -0.05) is 66.7 Å². The van der Waals surface area contributed by atoms with Gasteiger partial charge in [-0.2, -0.15) is 0 Å². The zero-order chi connectivity index (χ0) is 21.3. The lowest BCUT2D eigenvalue weighted by atomic mass is 10.2. The largest absolute Gasteiger partial charge is 0.489 e. The number of rotatable bonds is 8. The Labute approximate surface area is 182 Å². The molecule has 1 amide bonds. The standard InChI is InChI=1S/C27H23NO3/c29-27(23-12-7-13-26(18-23)31-20-22-10-5-2-6-11-22)28-24-14-16-25(17-15-24)30-19-21-8-3-1-4-9-21/h1-18H,19-20H2,(H,28,29). The first-order valence-corrected chi connectivity index (χ1v) is 10.1. The second-order valence-electron chi connectivity index (χ2n) is 7.05. The first kappa shape index (κ1) is 20.2. The molecular weight excluding hydrogens is 386 g/mol. The number of carbonyl (C=O) groups is 1. The van der Waals surface area contributed by atoms with Crippen LogP contribution in [0.15, 0.2) is 109 Å². The Morgan fingerprint density at radius 3 is 1.81 bits per heavy atom. The molecule has 0 aromatic heterocycles. The maximum atomic E-state index is 12.6. The molecule has 0 bridgehead atoms. The van der Waals surface area contributed by atoms with Crippen LogP contribution in [-0.4, -0.2) is 5.91 Å². The van der Waals surface area contributed by atoms with Crippen LogP contribution in [0.5, 0.6) is 11.5 Å². The van der Waals surface area contributed by atoms with Gasteiger partial charge < -0.3 is 14.8 Å². The van der Waals surface area contributed by atoms with Crippen molar-refractivity contribution < 1.29 is 14.3 Å². The molecule has 0 spiro atoms. The Morgan fingerprint density at radius 1 is 0.613 bits per heavy atom. The molecule has 0 aliphatic carbocycles. The molecule has 0 saturated heterocycles. The highest BCUT2D eigenvalue weighted by Gasteiger charge is 2.08. The predicted molar refractivity (Wildman–Crippen MR) is 122 cm³/mol. The van der Waals surface area contributed by atoms with Gasteiger partial charge in [0.25, 0.3) is 5.91 Å². The van der Waals surface area contributed by atoms with Crippen molar-refractivity contribution in [3.8, 4) is 11.5 Å². The zero-order valence-electron chi connectivity index (χ0n) is 17.0. The molecule has 0 fully saturated rings. The maximum absolute atomic E-state index is 12.6. The highest BCUT2D eigenvalue weighted by molar-refractivity contribution is 6.04. The molecule has 31 heavy (non-hydrogen) atoms. The van der Waals surface area contributed by atoms with Gasteiger partial charge in [0, 0.05) is 11.3 Å². The van der Waals surface area contributed by atoms with Gasteiger partial charge in [0.1, 0.15) is 24.7 Å². The summed E-state index contributed by atoms with van der Waals surface area (Å²) in [5, 5.41) is 2.91. The monoisotopic (exact) mass is 409 g/mol. The minimum atomic E-state index is -0.192. The van der Waals surface area contributed by atoms with E-state index in [1.807, 2.05) is 97.1 Å². The van der Waals surface area contributed by atoms with Gasteiger partial charge in [-0.25, -0.2) is 0 Å². The van der Waals surface area contributed by atoms with Gasteiger partial charge in [0.2, 0.25) is 0 Å². The Balaban J connectivity index is 1.32. The van der Waals surface area contributed by atoms with Gasteiger partial charge in [-0.05, 0) is 53.6 Å². The number of nitrogens with one attached hydrogen (secondary N) is 1. The van der Waals surface area contributed by atoms with Crippen LogP contribution in [0.25, 0.3) is 0 Å². The second-order valence-corrected chi connectivity index (χ2v) is 7.05. The van der Waals surface area contributed by atoms with E-state index in [0.717, 1.165) is 16.9 Å². The molecule has 4 rings (SSSR count). The van der Waals surface area contributed by atoms with E-state index in [2.05, 4.69) is 5.32 Å². The third-order valence-corrected chi connectivity index (χ3v) is 4.71. The SMILES string of the molecule is O=C(Nc1ccc(OCc2ccccc2)cc1)c1cccc(OCc2ccccc2)c1. The van der Waals surface area contributed by atoms with Crippen molar-refractivity contribution in [3.05, 3.63) is 126 Å². The van der Waals surface area contributed by atoms with Gasteiger partial charge in [0.05, 0.1) is 0 Å². The number of hydrogen-bond acceptors (Lipinski definition) is 3. The van der Waals surface area contributed by atoms with Gasteiger partial charge in [-0.15, -0.1) is 0 Å². The Morgan fingerprint density at radius 2 is 1.19 bits per heavy atom. The summed E-state index contributed by atoms with van der Waals surface area (Å²) in [5.41, 5.74) is 3.42. The number of benzene rings is 4. The summed E-state index contributed by atoms with van der Waals surface area (Å²) in [7, 11) is 0. The minimum absolute atomic E-state index is 0.192. The first-order valence-electron chi connectivity index (χ1n) is 10.1. The van der Waals surface area contributed by atoms with Crippen LogP contribution in [0.1, 0.15) is 21.5 Å². The average molecular weight is 409 g/mol. The number of ether oxygens (including phenoxy) is 2. The lowest BCUT2D eigenvalue weighted by molar-refractivity contribution is 0.102. The Kier molecular flexibility index (Phi) is 6.61. The van der Waals surface area contributed by atoms with E-state index in [1.165, 1.54) is 0 Å². The topological polar surface area (TPSA) is 47.6 Å². The Hall–Kier alpha value is -4.05. The molecule has 4 aromatic carbocycles. The highest BCUT2D eigenvalue weighted by Crippen LogP contribution is 2.20. The molecule has 0 aliphatic rings. The zero-order valence-corrected chi connectivity index (χ0v) is 17.0. The number of hydrogen-bond donors (Lipinski definition) is 1. The number of amides is 1. The first-order chi connectivity index (χ1) is 15.3. The van der Waals surface area contributed by atoms with Gasteiger partial charge in [0.15, 0.2) is 0 Å². The van der Waals surface area contributed by atoms with Crippen LogP contribution < -0.4 is 14.8 Å². The average Bonchev–Trinajstić information content (AvgIpc) is 2.84. The van der Waals surface area contributed by atoms with Crippen molar-refractivity contribution in [3.63, 3.8) is 0 Å². The smallest absolute Gasteiger partial charge is 0.255 e. The molecule has 4 heteroatoms. The van der Waals surface area contributed by atoms with Crippen LogP contribution in [0.3, 0.4) is 0 Å². The van der Waals surface area contributed by atoms with Crippen molar-refractivity contribution in [1.82, 2.24) is 0 Å². The molecular formula is C27H23NO3. The van der Waals surface area contributed by atoms with Crippen molar-refractivity contribution in [2.75, 3.05) is 5.32 Å². The Bertz CT molecular complexity index is 1110. The lowest BCUT2D eigenvalue weighted by Gasteiger charge is -2.10. The van der Waals surface area contributed by atoms with E-state index >= 15 is 0 Å². The summed E-state index contributed by atoms with van der Waals surface area (Å²) < 4.78 is 11.6. The molecule has 0 heterocycles. The molecule has 0 saturated carbocycles. The molecule has 0 radical (unpaired) electrons. The summed E-state index contributed by atoms with van der Waals surface area (Å²) in [5.74, 6) is 1.21. The molecule has 4 aromatic rings. The van der Waals surface area contributed by atoms with Crippen molar-refractivity contribution >= 4 is 11.6 Å². The molecule has 154 valence electrons. The number of carbonyl (C=O) groups excluding carboxylic acids is 1. The van der Waals surface area contributed by atoms with E-state index in [9.17, 15) is 4.79 Å². The van der Waals surface area contributed by atoms with Crippen LogP contribution in [0.2, 0.25) is 0 Å². The van der Waals surface area contributed by atoms with Crippen LogP contribution in [0.4, 0.5) is 5.69 Å². The summed E-state index contributed by atoms with van der Waals surface area (Å²) in [6.07, 6.45) is 0. The molecule has 1 N–H and O–H groups in total. The van der Waals surface area contributed by atoms with Crippen LogP contribution in [-0.2, 0) is 13.2 Å². The van der Waals surface area contributed by atoms with Crippen molar-refractivity contribution in [2.45, 2.75) is 13.2 Å². The summed E-state index contributed by atoms with van der Waals surface area (Å²) >= 11 is 0. The molecule has 0 atom stereocenters. The van der Waals surface area contributed by atoms with Crippen LogP contribution >= 0.6 is 0 Å². The third kappa shape index (κ3) is 5.97. The summed E-state index contributed by atoms with van der Waals surface area (Å²) in [4.78, 5) is 12.6. The summed E-state index contributed by atoms with van der Waals surface area (Å²) in [6.45, 7) is 0.957. The van der Waals surface area contributed by atoms with E-state index in [4.69, 9.17) is 9.47 Å². The molecule has 0 unspecified atom stereocenters. The molecule has 0 aliphatic heterocycles. The fraction of sp³-hybridized carbons (Fsp3) is 0.0741. The second kappa shape index (κ2) is 10.1. The van der Waals surface area contributed by atoms with E-state index < -0.39 is 0 Å². The highest BCUT2D eigenvalue weighted by atomic mass is 16.5. The van der Waals surface area contributed by atoms with Crippen molar-refractivity contribution in [1.29, 1.82) is 0 Å².